The molecule has 0 aliphatic carbocycles. The van der Waals surface area contributed by atoms with Crippen molar-refractivity contribution >= 4 is 28.4 Å². The van der Waals surface area contributed by atoms with Crippen molar-refractivity contribution in [2.24, 2.45) is 0 Å². The Morgan fingerprint density at radius 3 is 2.78 bits per heavy atom. The van der Waals surface area contributed by atoms with E-state index in [1.807, 2.05) is 0 Å². The maximum atomic E-state index is 11.8. The number of aliphatic hydroxyl groups excluding tert-OH is 2. The SMILES string of the molecule is CNc1ccn([C@@H]2O[C@H](CI)C(O)[C@@H]2O)c(=O)n1. The zero-order valence-electron chi connectivity index (χ0n) is 9.65. The maximum Gasteiger partial charge on any atom is 0.351 e. The molecule has 0 aromatic carbocycles. The second-order valence-corrected chi connectivity index (χ2v) is 4.83. The summed E-state index contributed by atoms with van der Waals surface area (Å²) in [5.41, 5.74) is -0.535. The third-order valence-corrected chi connectivity index (χ3v) is 3.72. The molecule has 2 heterocycles. The van der Waals surface area contributed by atoms with E-state index in [-0.39, 0.29) is 0 Å². The lowest BCUT2D eigenvalue weighted by atomic mass is 10.1. The van der Waals surface area contributed by atoms with E-state index in [1.165, 1.54) is 10.8 Å². The van der Waals surface area contributed by atoms with E-state index in [1.54, 1.807) is 13.1 Å². The second kappa shape index (κ2) is 5.51. The molecule has 7 nitrogen and oxygen atoms in total. The molecule has 1 aromatic heterocycles. The van der Waals surface area contributed by atoms with E-state index in [0.29, 0.717) is 10.2 Å². The van der Waals surface area contributed by atoms with Gasteiger partial charge in [0.25, 0.3) is 0 Å². The van der Waals surface area contributed by atoms with Gasteiger partial charge in [0.1, 0.15) is 18.0 Å². The molecule has 0 amide bonds. The fourth-order valence-corrected chi connectivity index (χ4v) is 2.56. The lowest BCUT2D eigenvalue weighted by molar-refractivity contribution is -0.0333. The van der Waals surface area contributed by atoms with Crippen LogP contribution in [0.25, 0.3) is 0 Å². The van der Waals surface area contributed by atoms with Crippen molar-refractivity contribution in [3.05, 3.63) is 22.7 Å². The summed E-state index contributed by atoms with van der Waals surface area (Å²) in [6.07, 6.45) is -2.03. The van der Waals surface area contributed by atoms with Gasteiger partial charge in [-0.3, -0.25) is 4.57 Å². The number of hydrogen-bond donors (Lipinski definition) is 3. The number of nitrogens with zero attached hydrogens (tertiary/aromatic N) is 2. The van der Waals surface area contributed by atoms with Crippen molar-refractivity contribution in [3.63, 3.8) is 0 Å². The normalized spacial score (nSPS) is 31.6. The van der Waals surface area contributed by atoms with E-state index < -0.39 is 30.2 Å². The molecule has 18 heavy (non-hydrogen) atoms. The van der Waals surface area contributed by atoms with Crippen LogP contribution in [0.2, 0.25) is 0 Å². The first kappa shape index (κ1) is 13.7. The first-order valence-corrected chi connectivity index (χ1v) is 6.95. The van der Waals surface area contributed by atoms with Gasteiger partial charge in [-0.25, -0.2) is 4.79 Å². The molecule has 1 aliphatic heterocycles. The molecule has 0 bridgehead atoms. The average molecular weight is 367 g/mol. The van der Waals surface area contributed by atoms with Gasteiger partial charge in [0.05, 0.1) is 6.10 Å². The summed E-state index contributed by atoms with van der Waals surface area (Å²) in [6.45, 7) is 0. The van der Waals surface area contributed by atoms with Gasteiger partial charge in [-0.05, 0) is 6.07 Å². The Labute approximate surface area is 117 Å². The highest BCUT2D eigenvalue weighted by Gasteiger charge is 2.43. The van der Waals surface area contributed by atoms with Gasteiger partial charge in [-0.15, -0.1) is 0 Å². The number of aromatic nitrogens is 2. The van der Waals surface area contributed by atoms with Gasteiger partial charge >= 0.3 is 5.69 Å². The molecule has 4 atom stereocenters. The van der Waals surface area contributed by atoms with Crippen molar-refractivity contribution in [2.75, 3.05) is 16.8 Å². The van der Waals surface area contributed by atoms with Crippen LogP contribution in [0.3, 0.4) is 0 Å². The molecular formula is C10H14IN3O4. The molecule has 8 heteroatoms. The smallest absolute Gasteiger partial charge is 0.351 e. The Balaban J connectivity index is 2.30. The van der Waals surface area contributed by atoms with Crippen molar-refractivity contribution in [2.45, 2.75) is 24.5 Å². The van der Waals surface area contributed by atoms with Gasteiger partial charge in [0.2, 0.25) is 0 Å². The number of anilines is 1. The van der Waals surface area contributed by atoms with E-state index in [0.717, 1.165) is 0 Å². The van der Waals surface area contributed by atoms with Gasteiger partial charge in [-0.1, -0.05) is 22.6 Å². The molecule has 3 N–H and O–H groups in total. The van der Waals surface area contributed by atoms with Gasteiger partial charge in [0, 0.05) is 17.7 Å². The number of rotatable bonds is 3. The summed E-state index contributed by atoms with van der Waals surface area (Å²) in [7, 11) is 1.66. The molecule has 1 unspecified atom stereocenters. The number of hydrogen-bond acceptors (Lipinski definition) is 6. The Morgan fingerprint density at radius 2 is 2.28 bits per heavy atom. The highest BCUT2D eigenvalue weighted by atomic mass is 127. The van der Waals surface area contributed by atoms with Crippen molar-refractivity contribution in [3.8, 4) is 0 Å². The quantitative estimate of drug-likeness (QED) is 0.485. The van der Waals surface area contributed by atoms with Crippen LogP contribution in [0.4, 0.5) is 5.82 Å². The maximum absolute atomic E-state index is 11.8. The van der Waals surface area contributed by atoms with Crippen LogP contribution in [0.1, 0.15) is 6.23 Å². The summed E-state index contributed by atoms with van der Waals surface area (Å²) in [5, 5.41) is 22.4. The Morgan fingerprint density at radius 1 is 1.56 bits per heavy atom. The first-order valence-electron chi connectivity index (χ1n) is 5.43. The van der Waals surface area contributed by atoms with Crippen LogP contribution < -0.4 is 11.0 Å². The van der Waals surface area contributed by atoms with Crippen LogP contribution in [0.15, 0.2) is 17.1 Å². The molecule has 1 aromatic rings. The molecule has 1 saturated heterocycles. The zero-order valence-corrected chi connectivity index (χ0v) is 11.8. The van der Waals surface area contributed by atoms with E-state index >= 15 is 0 Å². The Bertz CT molecular complexity index is 480. The predicted molar refractivity (Wildman–Crippen MR) is 72.9 cm³/mol. The molecule has 1 fully saturated rings. The van der Waals surface area contributed by atoms with Crippen LogP contribution in [0.5, 0.6) is 0 Å². The molecule has 0 radical (unpaired) electrons. The molecule has 0 spiro atoms. The Kier molecular flexibility index (Phi) is 4.20. The minimum Gasteiger partial charge on any atom is -0.387 e. The lowest BCUT2D eigenvalue weighted by Crippen LogP contribution is -2.35. The molecule has 0 saturated carbocycles. The topological polar surface area (TPSA) is 96.6 Å². The summed E-state index contributed by atoms with van der Waals surface area (Å²) < 4.78 is 7.18. The van der Waals surface area contributed by atoms with Crippen LogP contribution >= 0.6 is 22.6 Å². The van der Waals surface area contributed by atoms with E-state index in [4.69, 9.17) is 4.74 Å². The summed E-state index contributed by atoms with van der Waals surface area (Å²) in [4.78, 5) is 15.5. The van der Waals surface area contributed by atoms with Crippen LogP contribution in [0, 0.1) is 0 Å². The molecule has 2 rings (SSSR count). The average Bonchev–Trinajstić information content (AvgIpc) is 2.66. The number of alkyl halides is 1. The Hall–Kier alpha value is -0.710. The first-order chi connectivity index (χ1) is 8.58. The van der Waals surface area contributed by atoms with Gasteiger partial charge in [0.15, 0.2) is 6.23 Å². The van der Waals surface area contributed by atoms with Crippen molar-refractivity contribution < 1.29 is 14.9 Å². The van der Waals surface area contributed by atoms with Crippen molar-refractivity contribution in [1.29, 1.82) is 0 Å². The van der Waals surface area contributed by atoms with Gasteiger partial charge < -0.3 is 20.3 Å². The highest BCUT2D eigenvalue weighted by molar-refractivity contribution is 14.1. The lowest BCUT2D eigenvalue weighted by Gasteiger charge is -2.17. The predicted octanol–water partition coefficient (Wildman–Crippen LogP) is -0.661. The standard InChI is InChI=1S/C10H14IN3O4/c1-12-6-2-3-14(10(17)13-6)9-8(16)7(15)5(4-11)18-9/h2-3,5,7-9,15-16H,4H2,1H3,(H,12,13,17)/t5-,7?,8+,9-/m1/s1. The largest absolute Gasteiger partial charge is 0.387 e. The zero-order chi connectivity index (χ0) is 13.3. The minimum atomic E-state index is -1.13. The second-order valence-electron chi connectivity index (χ2n) is 3.95. The monoisotopic (exact) mass is 367 g/mol. The number of aliphatic hydroxyl groups is 2. The van der Waals surface area contributed by atoms with E-state index in [2.05, 4.69) is 32.9 Å². The number of halogens is 1. The molecule has 1 aliphatic rings. The third-order valence-electron chi connectivity index (χ3n) is 2.85. The van der Waals surface area contributed by atoms with Crippen LogP contribution in [-0.4, -0.2) is 49.6 Å². The highest BCUT2D eigenvalue weighted by Crippen LogP contribution is 2.29. The third kappa shape index (κ3) is 2.37. The minimum absolute atomic E-state index is 0.440. The van der Waals surface area contributed by atoms with Crippen molar-refractivity contribution in [1.82, 2.24) is 9.55 Å². The molecule has 100 valence electrons. The number of ether oxygens (including phenoxy) is 1. The van der Waals surface area contributed by atoms with E-state index in [9.17, 15) is 15.0 Å². The summed E-state index contributed by atoms with van der Waals surface area (Å²) >= 11 is 2.05. The summed E-state index contributed by atoms with van der Waals surface area (Å²) in [5.74, 6) is 0.440. The van der Waals surface area contributed by atoms with Gasteiger partial charge in [-0.2, -0.15) is 4.98 Å². The number of nitrogens with one attached hydrogen (secondary N) is 1. The fraction of sp³-hybridized carbons (Fsp3) is 0.600. The fourth-order valence-electron chi connectivity index (χ4n) is 1.83. The van der Waals surface area contributed by atoms with Crippen LogP contribution in [-0.2, 0) is 4.74 Å². The molecular weight excluding hydrogens is 353 g/mol. The summed E-state index contributed by atoms with van der Waals surface area (Å²) in [6, 6.07) is 1.60.